The summed E-state index contributed by atoms with van der Waals surface area (Å²) in [6.45, 7) is 4.11. The van der Waals surface area contributed by atoms with Gasteiger partial charge in [0.25, 0.3) is 0 Å². The third kappa shape index (κ3) is 3.41. The molecule has 1 aliphatic rings. The van der Waals surface area contributed by atoms with Crippen LogP contribution in [0.5, 0.6) is 5.75 Å². The summed E-state index contributed by atoms with van der Waals surface area (Å²) in [5.41, 5.74) is 1.11. The molecule has 0 aliphatic carbocycles. The van der Waals surface area contributed by atoms with Gasteiger partial charge < -0.3 is 19.9 Å². The number of aryl methyl sites for hydroxylation is 1. The molecule has 5 nitrogen and oxygen atoms in total. The van der Waals surface area contributed by atoms with Gasteiger partial charge in [0.1, 0.15) is 11.4 Å². The molecule has 1 aliphatic heterocycles. The van der Waals surface area contributed by atoms with Crippen LogP contribution < -0.4 is 10.1 Å². The zero-order valence-electron chi connectivity index (χ0n) is 10.9. The molecule has 1 unspecified atom stereocenters. The molecule has 1 aromatic rings. The minimum absolute atomic E-state index is 0.407. The highest BCUT2D eigenvalue weighted by Crippen LogP contribution is 2.17. The van der Waals surface area contributed by atoms with Crippen LogP contribution in [0.25, 0.3) is 0 Å². The van der Waals surface area contributed by atoms with Crippen molar-refractivity contribution in [2.45, 2.75) is 25.5 Å². The van der Waals surface area contributed by atoms with Gasteiger partial charge in [0.05, 0.1) is 19.4 Å². The highest BCUT2D eigenvalue weighted by molar-refractivity contribution is 5.26. The van der Waals surface area contributed by atoms with E-state index in [0.717, 1.165) is 17.1 Å². The summed E-state index contributed by atoms with van der Waals surface area (Å²) in [5, 5.41) is 13.3. The second-order valence-electron chi connectivity index (χ2n) is 4.77. The van der Waals surface area contributed by atoms with E-state index in [2.05, 4.69) is 10.3 Å². The summed E-state index contributed by atoms with van der Waals surface area (Å²) in [6.07, 6.45) is 0.685. The van der Waals surface area contributed by atoms with Gasteiger partial charge in [-0.3, -0.25) is 4.98 Å². The van der Waals surface area contributed by atoms with Crippen molar-refractivity contribution in [2.75, 3.05) is 26.9 Å². The van der Waals surface area contributed by atoms with E-state index in [4.69, 9.17) is 9.47 Å². The van der Waals surface area contributed by atoms with Crippen molar-refractivity contribution in [3.63, 3.8) is 0 Å². The van der Waals surface area contributed by atoms with Crippen LogP contribution in [0.15, 0.2) is 12.1 Å². The fourth-order valence-corrected chi connectivity index (χ4v) is 2.07. The van der Waals surface area contributed by atoms with Gasteiger partial charge in [0, 0.05) is 43.9 Å². The number of hydrogen-bond acceptors (Lipinski definition) is 5. The third-order valence-corrected chi connectivity index (χ3v) is 3.06. The summed E-state index contributed by atoms with van der Waals surface area (Å²) in [7, 11) is 1.64. The first kappa shape index (κ1) is 13.3. The van der Waals surface area contributed by atoms with Gasteiger partial charge in [0.15, 0.2) is 0 Å². The van der Waals surface area contributed by atoms with Gasteiger partial charge in [-0.25, -0.2) is 0 Å². The van der Waals surface area contributed by atoms with E-state index in [9.17, 15) is 5.11 Å². The highest BCUT2D eigenvalue weighted by atomic mass is 16.5. The minimum Gasteiger partial charge on any atom is -0.497 e. The molecule has 2 N–H and O–H groups in total. The SMILES string of the molecule is COc1cc(C)nc(CNCC2(O)CCOC2)c1. The van der Waals surface area contributed by atoms with Crippen molar-refractivity contribution in [3.05, 3.63) is 23.5 Å². The molecule has 0 radical (unpaired) electrons. The molecule has 5 heteroatoms. The quantitative estimate of drug-likeness (QED) is 0.805. The van der Waals surface area contributed by atoms with Crippen LogP contribution in [-0.4, -0.2) is 42.6 Å². The lowest BCUT2D eigenvalue weighted by molar-refractivity contribution is 0.0268. The molecule has 100 valence electrons. The number of ether oxygens (including phenoxy) is 2. The molecule has 2 heterocycles. The van der Waals surface area contributed by atoms with E-state index >= 15 is 0 Å². The summed E-state index contributed by atoms with van der Waals surface area (Å²) in [5.74, 6) is 0.808. The van der Waals surface area contributed by atoms with E-state index < -0.39 is 5.60 Å². The van der Waals surface area contributed by atoms with Crippen molar-refractivity contribution in [2.24, 2.45) is 0 Å². The number of rotatable bonds is 5. The lowest BCUT2D eigenvalue weighted by Gasteiger charge is -2.20. The minimum atomic E-state index is -0.728. The Labute approximate surface area is 107 Å². The second kappa shape index (κ2) is 5.65. The first-order valence-electron chi connectivity index (χ1n) is 6.14. The predicted octanol–water partition coefficient (Wildman–Crippen LogP) is 0.640. The number of methoxy groups -OCH3 is 1. The summed E-state index contributed by atoms with van der Waals surface area (Å²) >= 11 is 0. The van der Waals surface area contributed by atoms with Crippen molar-refractivity contribution in [3.8, 4) is 5.75 Å². The van der Waals surface area contributed by atoms with E-state index in [1.807, 2.05) is 19.1 Å². The van der Waals surface area contributed by atoms with Crippen LogP contribution in [-0.2, 0) is 11.3 Å². The fraction of sp³-hybridized carbons (Fsp3) is 0.615. The van der Waals surface area contributed by atoms with Crippen LogP contribution in [0.2, 0.25) is 0 Å². The molecular formula is C13H20N2O3. The first-order valence-corrected chi connectivity index (χ1v) is 6.14. The van der Waals surface area contributed by atoms with Crippen LogP contribution in [0.3, 0.4) is 0 Å². The van der Waals surface area contributed by atoms with Gasteiger partial charge in [-0.05, 0) is 6.92 Å². The molecule has 1 atom stereocenters. The van der Waals surface area contributed by atoms with Crippen LogP contribution in [0, 0.1) is 6.92 Å². The number of nitrogens with zero attached hydrogens (tertiary/aromatic N) is 1. The number of hydrogen-bond donors (Lipinski definition) is 2. The number of pyridine rings is 1. The highest BCUT2D eigenvalue weighted by Gasteiger charge is 2.31. The molecule has 1 aromatic heterocycles. The van der Waals surface area contributed by atoms with E-state index in [1.54, 1.807) is 7.11 Å². The molecule has 18 heavy (non-hydrogen) atoms. The van der Waals surface area contributed by atoms with Crippen molar-refractivity contribution >= 4 is 0 Å². The number of aliphatic hydroxyl groups is 1. The van der Waals surface area contributed by atoms with Crippen molar-refractivity contribution < 1.29 is 14.6 Å². The summed E-state index contributed by atoms with van der Waals surface area (Å²) in [4.78, 5) is 4.41. The Morgan fingerprint density at radius 1 is 1.56 bits per heavy atom. The molecule has 0 spiro atoms. The Kier molecular flexibility index (Phi) is 4.16. The average molecular weight is 252 g/mol. The van der Waals surface area contributed by atoms with Crippen LogP contribution in [0.1, 0.15) is 17.8 Å². The van der Waals surface area contributed by atoms with E-state index in [-0.39, 0.29) is 0 Å². The summed E-state index contributed by atoms with van der Waals surface area (Å²) in [6, 6.07) is 3.79. The maximum atomic E-state index is 10.1. The van der Waals surface area contributed by atoms with Crippen LogP contribution in [0.4, 0.5) is 0 Å². The Hall–Kier alpha value is -1.17. The molecule has 1 saturated heterocycles. The number of nitrogens with one attached hydrogen (secondary N) is 1. The first-order chi connectivity index (χ1) is 8.61. The molecular weight excluding hydrogens is 232 g/mol. The van der Waals surface area contributed by atoms with Gasteiger partial charge in [-0.1, -0.05) is 0 Å². The predicted molar refractivity (Wildman–Crippen MR) is 67.6 cm³/mol. The molecule has 1 fully saturated rings. The van der Waals surface area contributed by atoms with Crippen molar-refractivity contribution in [1.29, 1.82) is 0 Å². The second-order valence-corrected chi connectivity index (χ2v) is 4.77. The Morgan fingerprint density at radius 3 is 3.06 bits per heavy atom. The molecule has 0 aromatic carbocycles. The summed E-state index contributed by atoms with van der Waals surface area (Å²) < 4.78 is 10.4. The van der Waals surface area contributed by atoms with Gasteiger partial charge in [0.2, 0.25) is 0 Å². The Balaban J connectivity index is 1.88. The average Bonchev–Trinajstić information content (AvgIpc) is 2.75. The fourth-order valence-electron chi connectivity index (χ4n) is 2.07. The number of aromatic nitrogens is 1. The monoisotopic (exact) mass is 252 g/mol. The topological polar surface area (TPSA) is 63.6 Å². The zero-order valence-corrected chi connectivity index (χ0v) is 10.9. The molecule has 0 saturated carbocycles. The van der Waals surface area contributed by atoms with Gasteiger partial charge in [-0.15, -0.1) is 0 Å². The molecule has 0 amide bonds. The van der Waals surface area contributed by atoms with Crippen molar-refractivity contribution in [1.82, 2.24) is 10.3 Å². The smallest absolute Gasteiger partial charge is 0.122 e. The maximum Gasteiger partial charge on any atom is 0.122 e. The zero-order chi connectivity index (χ0) is 13.0. The van der Waals surface area contributed by atoms with E-state index in [0.29, 0.717) is 32.7 Å². The molecule has 2 rings (SSSR count). The lowest BCUT2D eigenvalue weighted by atomic mass is 10.0. The standard InChI is InChI=1S/C13H20N2O3/c1-10-5-12(17-2)6-11(15-10)7-14-8-13(16)3-4-18-9-13/h5-6,14,16H,3-4,7-9H2,1-2H3. The maximum absolute atomic E-state index is 10.1. The largest absolute Gasteiger partial charge is 0.497 e. The lowest BCUT2D eigenvalue weighted by Crippen LogP contribution is -2.40. The van der Waals surface area contributed by atoms with E-state index in [1.165, 1.54) is 0 Å². The normalized spacial score (nSPS) is 23.3. The van der Waals surface area contributed by atoms with Gasteiger partial charge >= 0.3 is 0 Å². The third-order valence-electron chi connectivity index (χ3n) is 3.06. The Morgan fingerprint density at radius 2 is 2.39 bits per heavy atom. The molecule has 0 bridgehead atoms. The Bertz CT molecular complexity index is 403. The van der Waals surface area contributed by atoms with Crippen LogP contribution >= 0.6 is 0 Å². The van der Waals surface area contributed by atoms with Gasteiger partial charge in [-0.2, -0.15) is 0 Å².